The van der Waals surface area contributed by atoms with Gasteiger partial charge in [-0.25, -0.2) is 0 Å². The second-order valence-electron chi connectivity index (χ2n) is 8.18. The van der Waals surface area contributed by atoms with E-state index in [-0.39, 0.29) is 0 Å². The second kappa shape index (κ2) is 8.02. The molecule has 5 rings (SSSR count). The van der Waals surface area contributed by atoms with Gasteiger partial charge in [-0.2, -0.15) is 23.4 Å². The highest BCUT2D eigenvalue weighted by molar-refractivity contribution is 5.92. The van der Waals surface area contributed by atoms with Crippen LogP contribution in [0.5, 0.6) is 0 Å². The molecular formula is C23H22F3N7. The monoisotopic (exact) mass is 453 g/mol. The van der Waals surface area contributed by atoms with Crippen LogP contribution in [0.3, 0.4) is 0 Å². The molecule has 0 amide bonds. The van der Waals surface area contributed by atoms with Crippen LogP contribution >= 0.6 is 0 Å². The number of rotatable bonds is 4. The van der Waals surface area contributed by atoms with Crippen LogP contribution in [0.1, 0.15) is 35.5 Å². The molecule has 0 bridgehead atoms. The average molecular weight is 453 g/mol. The van der Waals surface area contributed by atoms with Crippen LogP contribution in [0.15, 0.2) is 48.8 Å². The lowest BCUT2D eigenvalue weighted by molar-refractivity contribution is -0.137. The van der Waals surface area contributed by atoms with Crippen molar-refractivity contribution in [2.45, 2.75) is 39.2 Å². The Kier molecular flexibility index (Phi) is 5.15. The minimum Gasteiger partial charge on any atom is -0.363 e. The fraction of sp³-hybridized carbons (Fsp3) is 0.304. The van der Waals surface area contributed by atoms with E-state index in [0.29, 0.717) is 29.1 Å². The number of aromatic nitrogens is 5. The summed E-state index contributed by atoms with van der Waals surface area (Å²) in [7, 11) is 0. The Morgan fingerprint density at radius 3 is 2.76 bits per heavy atom. The summed E-state index contributed by atoms with van der Waals surface area (Å²) in [5.41, 5.74) is 3.29. The Morgan fingerprint density at radius 2 is 1.94 bits per heavy atom. The molecule has 0 aliphatic carbocycles. The predicted octanol–water partition coefficient (Wildman–Crippen LogP) is 4.74. The molecule has 4 aromatic rings. The zero-order valence-corrected chi connectivity index (χ0v) is 18.1. The van der Waals surface area contributed by atoms with Crippen LogP contribution in [0.4, 0.5) is 24.7 Å². The van der Waals surface area contributed by atoms with Crippen molar-refractivity contribution in [1.82, 2.24) is 25.0 Å². The number of alkyl halides is 3. The highest BCUT2D eigenvalue weighted by Gasteiger charge is 2.30. The number of halogens is 3. The summed E-state index contributed by atoms with van der Waals surface area (Å²) >= 11 is 0. The zero-order valence-electron chi connectivity index (χ0n) is 18.1. The standard InChI is InChI=1S/C23H22F3N7/c1-14(16-4-3-5-17(10-16)23(24,25)26)29-22-20-11-19(12-27-21(20)15(2)30-31-22)32-8-9-33-18(13-32)6-7-28-33/h3-7,10-12,14H,8-9,13H2,1-2H3,(H,29,31)/t14-/m1/s1. The maximum Gasteiger partial charge on any atom is 0.416 e. The van der Waals surface area contributed by atoms with Gasteiger partial charge in [0.15, 0.2) is 5.82 Å². The van der Waals surface area contributed by atoms with Crippen LogP contribution in [0, 0.1) is 6.92 Å². The third-order valence-corrected chi connectivity index (χ3v) is 5.94. The van der Waals surface area contributed by atoms with Crippen molar-refractivity contribution >= 4 is 22.4 Å². The molecule has 0 spiro atoms. The largest absolute Gasteiger partial charge is 0.416 e. The molecule has 10 heteroatoms. The van der Waals surface area contributed by atoms with Gasteiger partial charge in [0.1, 0.15) is 0 Å². The molecule has 1 aliphatic rings. The van der Waals surface area contributed by atoms with Crippen molar-refractivity contribution in [3.05, 3.63) is 71.3 Å². The summed E-state index contributed by atoms with van der Waals surface area (Å²) in [4.78, 5) is 6.85. The maximum absolute atomic E-state index is 13.1. The molecule has 4 heterocycles. The number of benzene rings is 1. The Morgan fingerprint density at radius 1 is 1.09 bits per heavy atom. The second-order valence-corrected chi connectivity index (χ2v) is 8.18. The van der Waals surface area contributed by atoms with E-state index in [2.05, 4.69) is 30.5 Å². The van der Waals surface area contributed by atoms with E-state index in [1.807, 2.05) is 29.9 Å². The smallest absolute Gasteiger partial charge is 0.363 e. The van der Waals surface area contributed by atoms with Gasteiger partial charge in [-0.15, -0.1) is 5.10 Å². The first-order chi connectivity index (χ1) is 15.8. The fourth-order valence-electron chi connectivity index (χ4n) is 4.11. The number of aryl methyl sites for hydroxylation is 1. The molecule has 0 fully saturated rings. The Balaban J connectivity index is 1.47. The van der Waals surface area contributed by atoms with Crippen molar-refractivity contribution in [2.24, 2.45) is 0 Å². The molecule has 0 unspecified atom stereocenters. The van der Waals surface area contributed by atoms with E-state index in [1.54, 1.807) is 19.2 Å². The fourth-order valence-corrected chi connectivity index (χ4v) is 4.11. The minimum absolute atomic E-state index is 0.416. The lowest BCUT2D eigenvalue weighted by atomic mass is 10.0. The molecule has 0 radical (unpaired) electrons. The lowest BCUT2D eigenvalue weighted by Crippen LogP contribution is -2.33. The molecule has 3 aromatic heterocycles. The summed E-state index contributed by atoms with van der Waals surface area (Å²) in [5, 5.41) is 16.8. The van der Waals surface area contributed by atoms with Crippen LogP contribution in [0.2, 0.25) is 0 Å². The summed E-state index contributed by atoms with van der Waals surface area (Å²) in [6.45, 7) is 5.93. The molecule has 0 saturated carbocycles. The molecule has 0 saturated heterocycles. The van der Waals surface area contributed by atoms with Crippen molar-refractivity contribution in [3.63, 3.8) is 0 Å². The van der Waals surface area contributed by atoms with Gasteiger partial charge < -0.3 is 10.2 Å². The normalized spacial score (nSPS) is 14.9. The van der Waals surface area contributed by atoms with Crippen LogP contribution in [-0.2, 0) is 19.3 Å². The number of hydrogen-bond donors (Lipinski definition) is 1. The molecule has 33 heavy (non-hydrogen) atoms. The maximum atomic E-state index is 13.1. The van der Waals surface area contributed by atoms with Gasteiger partial charge in [0, 0.05) is 18.1 Å². The van der Waals surface area contributed by atoms with Crippen molar-refractivity contribution in [2.75, 3.05) is 16.8 Å². The van der Waals surface area contributed by atoms with Gasteiger partial charge in [-0.05, 0) is 43.7 Å². The number of anilines is 2. The van der Waals surface area contributed by atoms with E-state index < -0.39 is 17.8 Å². The van der Waals surface area contributed by atoms with Gasteiger partial charge in [0.05, 0.1) is 53.5 Å². The summed E-state index contributed by atoms with van der Waals surface area (Å²) in [5.74, 6) is 0.483. The Hall–Kier alpha value is -3.69. The quantitative estimate of drug-likeness (QED) is 0.481. The average Bonchev–Trinajstić information content (AvgIpc) is 3.28. The van der Waals surface area contributed by atoms with Crippen LogP contribution < -0.4 is 10.2 Å². The molecule has 7 nitrogen and oxygen atoms in total. The number of hydrogen-bond acceptors (Lipinski definition) is 6. The van der Waals surface area contributed by atoms with Gasteiger partial charge in [-0.3, -0.25) is 9.67 Å². The van der Waals surface area contributed by atoms with Crippen molar-refractivity contribution in [1.29, 1.82) is 0 Å². The zero-order chi connectivity index (χ0) is 23.2. The van der Waals surface area contributed by atoms with Crippen molar-refractivity contribution < 1.29 is 13.2 Å². The first-order valence-corrected chi connectivity index (χ1v) is 10.6. The molecule has 1 aromatic carbocycles. The highest BCUT2D eigenvalue weighted by Crippen LogP contribution is 2.33. The van der Waals surface area contributed by atoms with Gasteiger partial charge in [-0.1, -0.05) is 12.1 Å². The third kappa shape index (κ3) is 4.08. The first kappa shape index (κ1) is 21.2. The predicted molar refractivity (Wildman–Crippen MR) is 119 cm³/mol. The van der Waals surface area contributed by atoms with E-state index in [1.165, 1.54) is 6.07 Å². The summed E-state index contributed by atoms with van der Waals surface area (Å²) in [6.07, 6.45) is -0.772. The van der Waals surface area contributed by atoms with E-state index in [9.17, 15) is 13.2 Å². The van der Waals surface area contributed by atoms with E-state index >= 15 is 0 Å². The van der Waals surface area contributed by atoms with Crippen molar-refractivity contribution in [3.8, 4) is 0 Å². The number of fused-ring (bicyclic) bond motifs is 2. The molecule has 170 valence electrons. The van der Waals surface area contributed by atoms with Crippen LogP contribution in [-0.4, -0.2) is 31.5 Å². The van der Waals surface area contributed by atoms with Crippen LogP contribution in [0.25, 0.3) is 10.9 Å². The third-order valence-electron chi connectivity index (χ3n) is 5.94. The van der Waals surface area contributed by atoms with Gasteiger partial charge >= 0.3 is 6.18 Å². The molecule has 1 N–H and O–H groups in total. The van der Waals surface area contributed by atoms with Gasteiger partial charge in [0.2, 0.25) is 0 Å². The number of nitrogens with zero attached hydrogens (tertiary/aromatic N) is 6. The first-order valence-electron chi connectivity index (χ1n) is 10.6. The minimum atomic E-state index is -4.39. The summed E-state index contributed by atoms with van der Waals surface area (Å²) in [6, 6.07) is 8.89. The van der Waals surface area contributed by atoms with E-state index in [4.69, 9.17) is 0 Å². The number of pyridine rings is 1. The topological polar surface area (TPSA) is 71.8 Å². The summed E-state index contributed by atoms with van der Waals surface area (Å²) < 4.78 is 41.4. The molecule has 1 aliphatic heterocycles. The highest BCUT2D eigenvalue weighted by atomic mass is 19.4. The molecular weight excluding hydrogens is 431 g/mol. The lowest BCUT2D eigenvalue weighted by Gasteiger charge is -2.29. The van der Waals surface area contributed by atoms with E-state index in [0.717, 1.165) is 42.0 Å². The molecule has 1 atom stereocenters. The SMILES string of the molecule is Cc1nnc(N[C@H](C)c2cccc(C(F)(F)F)c2)c2cc(N3CCn4nccc4C3)cnc12. The van der Waals surface area contributed by atoms with Gasteiger partial charge in [0.25, 0.3) is 0 Å². The Bertz CT molecular complexity index is 1320. The Labute approximate surface area is 188 Å². The number of nitrogens with one attached hydrogen (secondary N) is 1.